The molecule has 2 atom stereocenters. The monoisotopic (exact) mass is 654 g/mol. The number of aromatic nitrogens is 2. The first kappa shape index (κ1) is 33.7. The zero-order chi connectivity index (χ0) is 34.4. The fourth-order valence-corrected chi connectivity index (χ4v) is 5.85. The highest BCUT2D eigenvalue weighted by Crippen LogP contribution is 2.44. The van der Waals surface area contributed by atoms with Crippen LogP contribution in [0.3, 0.4) is 0 Å². The van der Waals surface area contributed by atoms with E-state index in [1.807, 2.05) is 48.5 Å². The number of alkyl carbamates (subject to hydrolysis) is 1. The van der Waals surface area contributed by atoms with Crippen molar-refractivity contribution in [2.24, 2.45) is 5.92 Å². The van der Waals surface area contributed by atoms with Gasteiger partial charge in [0.05, 0.1) is 27.0 Å². The van der Waals surface area contributed by atoms with Gasteiger partial charge in [-0.2, -0.15) is 0 Å². The van der Waals surface area contributed by atoms with Crippen LogP contribution in [-0.4, -0.2) is 73.4 Å². The maximum absolute atomic E-state index is 13.6. The molecule has 0 saturated heterocycles. The fourth-order valence-electron chi connectivity index (χ4n) is 5.85. The van der Waals surface area contributed by atoms with Crippen molar-refractivity contribution in [3.63, 3.8) is 0 Å². The highest BCUT2D eigenvalue weighted by molar-refractivity contribution is 6.01. The van der Waals surface area contributed by atoms with Gasteiger partial charge in [0.1, 0.15) is 42.1 Å². The van der Waals surface area contributed by atoms with Crippen molar-refractivity contribution < 1.29 is 38.1 Å². The third-order valence-corrected chi connectivity index (χ3v) is 8.30. The molecule has 4 aromatic rings. The first-order chi connectivity index (χ1) is 23.2. The Morgan fingerprint density at radius 2 is 1.44 bits per heavy atom. The van der Waals surface area contributed by atoms with Gasteiger partial charge in [-0.15, -0.1) is 0 Å². The van der Waals surface area contributed by atoms with Crippen LogP contribution < -0.4 is 20.1 Å². The molecule has 250 valence electrons. The largest absolute Gasteiger partial charge is 0.496 e. The summed E-state index contributed by atoms with van der Waals surface area (Å²) in [5.41, 5.74) is 4.75. The molecule has 1 aliphatic rings. The molecule has 0 fully saturated rings. The third-order valence-electron chi connectivity index (χ3n) is 8.30. The van der Waals surface area contributed by atoms with Crippen LogP contribution in [0.4, 0.5) is 4.79 Å². The molecule has 2 N–H and O–H groups in total. The van der Waals surface area contributed by atoms with E-state index in [-0.39, 0.29) is 30.4 Å². The highest BCUT2D eigenvalue weighted by atomic mass is 16.5. The molecule has 0 saturated carbocycles. The zero-order valence-corrected chi connectivity index (χ0v) is 27.4. The molecule has 5 rings (SSSR count). The van der Waals surface area contributed by atoms with E-state index in [1.54, 1.807) is 32.0 Å². The lowest BCUT2D eigenvalue weighted by molar-refractivity contribution is -0.146. The number of rotatable bonds is 12. The quantitative estimate of drug-likeness (QED) is 0.213. The molecular formula is C36H38N4O8. The molecule has 48 heavy (non-hydrogen) atoms. The molecule has 0 spiro atoms. The Bertz CT molecular complexity index is 1750. The summed E-state index contributed by atoms with van der Waals surface area (Å²) in [6.45, 7) is 3.55. The molecule has 3 aromatic carbocycles. The number of ether oxygens (including phenoxy) is 4. The maximum atomic E-state index is 13.6. The maximum Gasteiger partial charge on any atom is 0.407 e. The number of esters is 1. The molecule has 0 unspecified atom stereocenters. The molecule has 12 nitrogen and oxygen atoms in total. The van der Waals surface area contributed by atoms with Crippen LogP contribution in [0.1, 0.15) is 46.9 Å². The number of methoxy groups -OCH3 is 3. The van der Waals surface area contributed by atoms with Gasteiger partial charge in [-0.25, -0.2) is 14.6 Å². The molecule has 1 aromatic heterocycles. The number of hydrogen-bond acceptors (Lipinski definition) is 9. The van der Waals surface area contributed by atoms with Crippen molar-refractivity contribution in [3.05, 3.63) is 102 Å². The minimum atomic E-state index is -1.22. The van der Waals surface area contributed by atoms with E-state index in [0.29, 0.717) is 17.2 Å². The Kier molecular flexibility index (Phi) is 10.4. The van der Waals surface area contributed by atoms with E-state index >= 15 is 0 Å². The number of hydrogen-bond donors (Lipinski definition) is 2. The Hall–Kier alpha value is -5.65. The van der Waals surface area contributed by atoms with Gasteiger partial charge in [0, 0.05) is 18.5 Å². The average molecular weight is 655 g/mol. The van der Waals surface area contributed by atoms with Gasteiger partial charge < -0.3 is 29.6 Å². The molecule has 0 bridgehead atoms. The SMILES string of the molecule is COC(=O)[C@@H](NC(=O)[C@H](Cc1cn(C(=O)c2c(OC)cccc2OC)cn1)NC(=O)OCC1c2ccccc2-c2ccccc21)C(C)C. The van der Waals surface area contributed by atoms with Gasteiger partial charge in [0.25, 0.3) is 5.91 Å². The van der Waals surface area contributed by atoms with Crippen molar-refractivity contribution in [1.82, 2.24) is 20.2 Å². The number of fused-ring (bicyclic) bond motifs is 3. The van der Waals surface area contributed by atoms with E-state index in [2.05, 4.69) is 15.6 Å². The Balaban J connectivity index is 1.35. The van der Waals surface area contributed by atoms with Crippen LogP contribution >= 0.6 is 0 Å². The summed E-state index contributed by atoms with van der Waals surface area (Å²) < 4.78 is 22.6. The summed E-state index contributed by atoms with van der Waals surface area (Å²) >= 11 is 0. The molecular weight excluding hydrogens is 616 g/mol. The first-order valence-electron chi connectivity index (χ1n) is 15.4. The summed E-state index contributed by atoms with van der Waals surface area (Å²) in [6.07, 6.45) is 1.81. The lowest BCUT2D eigenvalue weighted by Gasteiger charge is -2.24. The predicted molar refractivity (Wildman–Crippen MR) is 176 cm³/mol. The third kappa shape index (κ3) is 7.02. The van der Waals surface area contributed by atoms with Crippen molar-refractivity contribution in [2.45, 2.75) is 38.3 Å². The normalized spacial score (nSPS) is 13.1. The summed E-state index contributed by atoms with van der Waals surface area (Å²) in [4.78, 5) is 57.1. The molecule has 12 heteroatoms. The predicted octanol–water partition coefficient (Wildman–Crippen LogP) is 4.35. The number of benzene rings is 3. The number of nitrogens with one attached hydrogen (secondary N) is 2. The second-order valence-corrected chi connectivity index (χ2v) is 11.6. The van der Waals surface area contributed by atoms with E-state index in [1.165, 1.54) is 38.4 Å². The minimum Gasteiger partial charge on any atom is -0.496 e. The lowest BCUT2D eigenvalue weighted by Crippen LogP contribution is -2.54. The van der Waals surface area contributed by atoms with E-state index < -0.39 is 36.0 Å². The van der Waals surface area contributed by atoms with Crippen LogP contribution in [0, 0.1) is 5.92 Å². The topological polar surface area (TPSA) is 147 Å². The highest BCUT2D eigenvalue weighted by Gasteiger charge is 2.32. The standard InChI is InChI=1S/C36H38N4O8/c1-21(2)32(35(43)47-5)39-33(41)28(17-22-18-40(20-37-22)34(42)31-29(45-3)15-10-16-30(31)46-4)38-36(44)48-19-27-25-13-8-6-11-23(25)24-12-7-9-14-26(24)27/h6-16,18,20-21,27-28,32H,17,19H2,1-5H3,(H,38,44)(H,39,41)/t28-,32-/m0/s1. The van der Waals surface area contributed by atoms with Crippen molar-refractivity contribution in [1.29, 1.82) is 0 Å². The molecule has 1 heterocycles. The lowest BCUT2D eigenvalue weighted by atomic mass is 9.98. The van der Waals surface area contributed by atoms with Crippen LogP contribution in [0.15, 0.2) is 79.3 Å². The van der Waals surface area contributed by atoms with Gasteiger partial charge in [0.2, 0.25) is 5.91 Å². The Morgan fingerprint density at radius 3 is 2.00 bits per heavy atom. The summed E-state index contributed by atoms with van der Waals surface area (Å²) in [7, 11) is 4.13. The number of amides is 2. The summed E-state index contributed by atoms with van der Waals surface area (Å²) in [5.74, 6) is -1.62. The smallest absolute Gasteiger partial charge is 0.407 e. The number of carbonyl (C=O) groups is 4. The molecule has 2 amide bonds. The van der Waals surface area contributed by atoms with Crippen molar-refractivity contribution >= 4 is 23.9 Å². The fraction of sp³-hybridized carbons (Fsp3) is 0.306. The minimum absolute atomic E-state index is 0.0366. The summed E-state index contributed by atoms with van der Waals surface area (Å²) in [5, 5.41) is 5.33. The van der Waals surface area contributed by atoms with E-state index in [4.69, 9.17) is 18.9 Å². The van der Waals surface area contributed by atoms with E-state index in [0.717, 1.165) is 22.3 Å². The van der Waals surface area contributed by atoms with Gasteiger partial charge in [-0.05, 0) is 40.3 Å². The van der Waals surface area contributed by atoms with Gasteiger partial charge in [0.15, 0.2) is 0 Å². The van der Waals surface area contributed by atoms with Crippen molar-refractivity contribution in [2.75, 3.05) is 27.9 Å². The van der Waals surface area contributed by atoms with E-state index in [9.17, 15) is 19.2 Å². The average Bonchev–Trinajstić information content (AvgIpc) is 3.70. The zero-order valence-electron chi connectivity index (χ0n) is 27.4. The van der Waals surface area contributed by atoms with Gasteiger partial charge in [-0.3, -0.25) is 14.2 Å². The first-order valence-corrected chi connectivity index (χ1v) is 15.4. The number of nitrogens with zero attached hydrogens (tertiary/aromatic N) is 2. The van der Waals surface area contributed by atoms with Crippen LogP contribution in [-0.2, 0) is 25.5 Å². The van der Waals surface area contributed by atoms with Crippen LogP contribution in [0.5, 0.6) is 11.5 Å². The number of carbonyl (C=O) groups excluding carboxylic acids is 4. The van der Waals surface area contributed by atoms with Crippen LogP contribution in [0.2, 0.25) is 0 Å². The van der Waals surface area contributed by atoms with Crippen LogP contribution in [0.25, 0.3) is 11.1 Å². The van der Waals surface area contributed by atoms with Gasteiger partial charge >= 0.3 is 12.1 Å². The van der Waals surface area contributed by atoms with Crippen molar-refractivity contribution in [3.8, 4) is 22.6 Å². The Morgan fingerprint density at radius 1 is 0.833 bits per heavy atom. The molecule has 1 aliphatic carbocycles. The Labute approximate surface area is 278 Å². The summed E-state index contributed by atoms with van der Waals surface area (Å²) in [6, 6.07) is 18.7. The second kappa shape index (κ2) is 14.8. The molecule has 0 aliphatic heterocycles. The van der Waals surface area contributed by atoms with Gasteiger partial charge in [-0.1, -0.05) is 68.4 Å². The second-order valence-electron chi connectivity index (χ2n) is 11.6. The molecule has 0 radical (unpaired) electrons. The number of imidazole rings is 1.